The molecule has 1 saturated heterocycles. The SMILES string of the molecule is CCc1cnc(N2CCN([C@@H](C)c3nnc(C)o3)CC2)s1. The molecule has 0 aliphatic carbocycles. The average Bonchev–Trinajstić information content (AvgIpc) is 3.15. The molecule has 2 aromatic heterocycles. The third-order valence-corrected chi connectivity index (χ3v) is 5.12. The lowest BCUT2D eigenvalue weighted by Crippen LogP contribution is -2.47. The monoisotopic (exact) mass is 307 g/mol. The van der Waals surface area contributed by atoms with Gasteiger partial charge in [-0.05, 0) is 13.3 Å². The molecule has 1 fully saturated rings. The number of thiazole rings is 1. The van der Waals surface area contributed by atoms with Gasteiger partial charge in [-0.15, -0.1) is 21.5 Å². The van der Waals surface area contributed by atoms with Crippen LogP contribution in [0.1, 0.15) is 36.5 Å². The molecule has 1 atom stereocenters. The van der Waals surface area contributed by atoms with Crippen LogP contribution in [0.5, 0.6) is 0 Å². The maximum atomic E-state index is 5.54. The fourth-order valence-electron chi connectivity index (χ4n) is 2.54. The minimum Gasteiger partial charge on any atom is -0.424 e. The summed E-state index contributed by atoms with van der Waals surface area (Å²) in [5.74, 6) is 1.34. The molecule has 1 aliphatic rings. The van der Waals surface area contributed by atoms with E-state index in [-0.39, 0.29) is 6.04 Å². The number of nitrogens with zero attached hydrogens (tertiary/aromatic N) is 5. The van der Waals surface area contributed by atoms with E-state index in [0.717, 1.165) is 37.7 Å². The van der Waals surface area contributed by atoms with Crippen LogP contribution >= 0.6 is 11.3 Å². The quantitative estimate of drug-likeness (QED) is 0.863. The Morgan fingerprint density at radius 3 is 2.62 bits per heavy atom. The molecule has 0 radical (unpaired) electrons. The maximum Gasteiger partial charge on any atom is 0.233 e. The molecule has 0 N–H and O–H groups in total. The van der Waals surface area contributed by atoms with Crippen molar-refractivity contribution < 1.29 is 4.42 Å². The van der Waals surface area contributed by atoms with Gasteiger partial charge in [0.15, 0.2) is 5.13 Å². The molecular formula is C14H21N5OS. The molecule has 0 unspecified atom stereocenters. The first-order valence-corrected chi connectivity index (χ1v) is 8.22. The van der Waals surface area contributed by atoms with Crippen LogP contribution in [0.15, 0.2) is 10.6 Å². The summed E-state index contributed by atoms with van der Waals surface area (Å²) in [5.41, 5.74) is 0. The van der Waals surface area contributed by atoms with Crippen molar-refractivity contribution in [2.24, 2.45) is 0 Å². The van der Waals surface area contributed by atoms with Crippen LogP contribution in [-0.2, 0) is 6.42 Å². The zero-order chi connectivity index (χ0) is 14.8. The van der Waals surface area contributed by atoms with Crippen LogP contribution in [0.4, 0.5) is 5.13 Å². The first-order valence-electron chi connectivity index (χ1n) is 7.41. The molecule has 2 aromatic rings. The number of piperazine rings is 1. The number of hydrogen-bond acceptors (Lipinski definition) is 7. The molecule has 0 aromatic carbocycles. The number of anilines is 1. The van der Waals surface area contributed by atoms with Gasteiger partial charge in [-0.25, -0.2) is 4.98 Å². The Morgan fingerprint density at radius 1 is 1.29 bits per heavy atom. The summed E-state index contributed by atoms with van der Waals surface area (Å²) in [4.78, 5) is 10.6. The summed E-state index contributed by atoms with van der Waals surface area (Å²) in [5, 5.41) is 9.19. The molecule has 6 nitrogen and oxygen atoms in total. The fraction of sp³-hybridized carbons (Fsp3) is 0.643. The van der Waals surface area contributed by atoms with Crippen molar-refractivity contribution in [2.45, 2.75) is 33.2 Å². The molecule has 1 aliphatic heterocycles. The van der Waals surface area contributed by atoms with Crippen molar-refractivity contribution in [3.8, 4) is 0 Å². The second kappa shape index (κ2) is 6.11. The zero-order valence-electron chi connectivity index (χ0n) is 12.7. The Kier molecular flexibility index (Phi) is 4.21. The van der Waals surface area contributed by atoms with Crippen molar-refractivity contribution in [3.05, 3.63) is 22.9 Å². The predicted molar refractivity (Wildman–Crippen MR) is 82.7 cm³/mol. The summed E-state index contributed by atoms with van der Waals surface area (Å²) in [6.45, 7) is 10.1. The van der Waals surface area contributed by atoms with Crippen molar-refractivity contribution >= 4 is 16.5 Å². The Bertz CT molecular complexity index is 588. The summed E-state index contributed by atoms with van der Waals surface area (Å²) in [6.07, 6.45) is 3.06. The van der Waals surface area contributed by atoms with Gasteiger partial charge in [0.25, 0.3) is 0 Å². The smallest absolute Gasteiger partial charge is 0.233 e. The largest absolute Gasteiger partial charge is 0.424 e. The summed E-state index contributed by atoms with van der Waals surface area (Å²) >= 11 is 1.80. The molecule has 114 valence electrons. The van der Waals surface area contributed by atoms with E-state index in [0.29, 0.717) is 11.8 Å². The number of aryl methyl sites for hydroxylation is 2. The maximum absolute atomic E-state index is 5.54. The third kappa shape index (κ3) is 3.08. The van der Waals surface area contributed by atoms with E-state index in [9.17, 15) is 0 Å². The molecule has 0 amide bonds. The van der Waals surface area contributed by atoms with Crippen LogP contribution < -0.4 is 4.90 Å². The summed E-state index contributed by atoms with van der Waals surface area (Å²) < 4.78 is 5.54. The molecule has 0 spiro atoms. The van der Waals surface area contributed by atoms with Crippen LogP contribution in [0.3, 0.4) is 0 Å². The standard InChI is InChI=1S/C14H21N5OS/c1-4-12-9-15-14(21-12)19-7-5-18(6-8-19)10(2)13-17-16-11(3)20-13/h9-10H,4-8H2,1-3H3/t10-/m0/s1. The van der Waals surface area contributed by atoms with Crippen LogP contribution in [0.2, 0.25) is 0 Å². The van der Waals surface area contributed by atoms with Gasteiger partial charge < -0.3 is 9.32 Å². The van der Waals surface area contributed by atoms with E-state index in [1.165, 1.54) is 4.88 Å². The second-order valence-electron chi connectivity index (χ2n) is 5.32. The summed E-state index contributed by atoms with van der Waals surface area (Å²) in [6, 6.07) is 0.177. The molecule has 21 heavy (non-hydrogen) atoms. The highest BCUT2D eigenvalue weighted by molar-refractivity contribution is 7.15. The number of aromatic nitrogens is 3. The van der Waals surface area contributed by atoms with Crippen molar-refractivity contribution in [3.63, 3.8) is 0 Å². The Morgan fingerprint density at radius 2 is 2.05 bits per heavy atom. The lowest BCUT2D eigenvalue weighted by Gasteiger charge is -2.36. The predicted octanol–water partition coefficient (Wildman–Crippen LogP) is 2.28. The lowest BCUT2D eigenvalue weighted by atomic mass is 10.2. The van der Waals surface area contributed by atoms with Gasteiger partial charge in [0.1, 0.15) is 0 Å². The molecule has 3 heterocycles. The lowest BCUT2D eigenvalue weighted by molar-refractivity contribution is 0.172. The van der Waals surface area contributed by atoms with E-state index in [1.54, 1.807) is 11.3 Å². The summed E-state index contributed by atoms with van der Waals surface area (Å²) in [7, 11) is 0. The number of hydrogen-bond donors (Lipinski definition) is 0. The van der Waals surface area contributed by atoms with Gasteiger partial charge in [-0.1, -0.05) is 6.92 Å². The number of rotatable bonds is 4. The van der Waals surface area contributed by atoms with Gasteiger partial charge in [0, 0.05) is 44.2 Å². The first kappa shape index (κ1) is 14.5. The molecule has 3 rings (SSSR count). The second-order valence-corrected chi connectivity index (χ2v) is 6.41. The minimum atomic E-state index is 0.177. The molecular weight excluding hydrogens is 286 g/mol. The molecule has 7 heteroatoms. The normalized spacial score (nSPS) is 18.1. The van der Waals surface area contributed by atoms with Gasteiger partial charge in [-0.2, -0.15) is 0 Å². The van der Waals surface area contributed by atoms with Crippen LogP contribution in [0.25, 0.3) is 0 Å². The van der Waals surface area contributed by atoms with Gasteiger partial charge in [0.05, 0.1) is 6.04 Å². The third-order valence-electron chi connectivity index (χ3n) is 3.92. The van der Waals surface area contributed by atoms with Crippen LogP contribution in [-0.4, -0.2) is 46.3 Å². The topological polar surface area (TPSA) is 58.3 Å². The van der Waals surface area contributed by atoms with Crippen molar-refractivity contribution in [1.82, 2.24) is 20.1 Å². The Hall–Kier alpha value is -1.47. The Labute approximate surface area is 128 Å². The van der Waals surface area contributed by atoms with Crippen LogP contribution in [0, 0.1) is 6.92 Å². The highest BCUT2D eigenvalue weighted by atomic mass is 32.1. The van der Waals surface area contributed by atoms with E-state index in [2.05, 4.69) is 38.8 Å². The van der Waals surface area contributed by atoms with Gasteiger partial charge >= 0.3 is 0 Å². The van der Waals surface area contributed by atoms with E-state index >= 15 is 0 Å². The Balaban J connectivity index is 1.59. The van der Waals surface area contributed by atoms with Crippen molar-refractivity contribution in [1.29, 1.82) is 0 Å². The van der Waals surface area contributed by atoms with Gasteiger partial charge in [-0.3, -0.25) is 4.90 Å². The molecule has 0 saturated carbocycles. The highest BCUT2D eigenvalue weighted by Gasteiger charge is 2.26. The van der Waals surface area contributed by atoms with Gasteiger partial charge in [0.2, 0.25) is 11.8 Å². The average molecular weight is 307 g/mol. The van der Waals surface area contributed by atoms with E-state index < -0.39 is 0 Å². The zero-order valence-corrected chi connectivity index (χ0v) is 13.6. The first-order chi connectivity index (χ1) is 10.2. The van der Waals surface area contributed by atoms with E-state index in [1.807, 2.05) is 13.1 Å². The minimum absolute atomic E-state index is 0.177. The highest BCUT2D eigenvalue weighted by Crippen LogP contribution is 2.26. The molecule has 0 bridgehead atoms. The van der Waals surface area contributed by atoms with E-state index in [4.69, 9.17) is 4.42 Å². The fourth-order valence-corrected chi connectivity index (χ4v) is 3.45. The van der Waals surface area contributed by atoms with Crippen molar-refractivity contribution in [2.75, 3.05) is 31.1 Å².